The van der Waals surface area contributed by atoms with Crippen LogP contribution >= 0.6 is 0 Å². The Morgan fingerprint density at radius 1 is 1.13 bits per heavy atom. The van der Waals surface area contributed by atoms with Gasteiger partial charge in [-0.3, -0.25) is 14.6 Å². The number of likely N-dealkylation sites (N-methyl/N-ethyl adjacent to an activating group) is 1. The van der Waals surface area contributed by atoms with E-state index in [1.165, 1.54) is 12.0 Å². The van der Waals surface area contributed by atoms with Crippen LogP contribution in [0.3, 0.4) is 0 Å². The van der Waals surface area contributed by atoms with E-state index in [1.807, 2.05) is 30.3 Å². The second kappa shape index (κ2) is 11.5. The molecule has 1 saturated heterocycles. The molecule has 1 atom stereocenters. The number of halogens is 1. The molecule has 0 aromatic heterocycles. The molecule has 0 amide bonds. The molecule has 1 heterocycles. The molecule has 1 fully saturated rings. The van der Waals surface area contributed by atoms with Crippen molar-refractivity contribution in [3.8, 4) is 0 Å². The van der Waals surface area contributed by atoms with Gasteiger partial charge in [0.2, 0.25) is 0 Å². The zero-order valence-electron chi connectivity index (χ0n) is 19.2. The number of ketones is 1. The number of benzene rings is 2. The Hall–Kier alpha value is -2.08. The minimum absolute atomic E-state index is 0.109. The van der Waals surface area contributed by atoms with Crippen LogP contribution in [0.5, 0.6) is 0 Å². The van der Waals surface area contributed by atoms with Crippen molar-refractivity contribution in [1.82, 2.24) is 14.7 Å². The van der Waals surface area contributed by atoms with E-state index >= 15 is 0 Å². The first-order chi connectivity index (χ1) is 14.9. The maximum Gasteiger partial charge on any atom is 0.159 e. The number of rotatable bonds is 10. The van der Waals surface area contributed by atoms with Crippen LogP contribution in [-0.4, -0.2) is 67.3 Å². The summed E-state index contributed by atoms with van der Waals surface area (Å²) >= 11 is 0. The number of nitrogens with zero attached hydrogens (tertiary/aromatic N) is 3. The fourth-order valence-electron chi connectivity index (χ4n) is 4.40. The highest BCUT2D eigenvalue weighted by Crippen LogP contribution is 2.21. The molecule has 2 aromatic carbocycles. The van der Waals surface area contributed by atoms with E-state index in [0.29, 0.717) is 12.5 Å². The minimum atomic E-state index is -0.109. The molecule has 0 saturated carbocycles. The molecule has 4 nitrogen and oxygen atoms in total. The lowest BCUT2D eigenvalue weighted by Gasteiger charge is -2.36. The fourth-order valence-corrected chi connectivity index (χ4v) is 4.40. The van der Waals surface area contributed by atoms with Gasteiger partial charge in [-0.2, -0.15) is 0 Å². The molecule has 1 aliphatic rings. The highest BCUT2D eigenvalue weighted by Gasteiger charge is 2.23. The van der Waals surface area contributed by atoms with Gasteiger partial charge in [0.25, 0.3) is 0 Å². The SMILES string of the molecule is CC(=O)c1cccc(CN(CCN(C)C)C[C@H]2CCCN(Cc3ccccc3F)C2)c1. The largest absolute Gasteiger partial charge is 0.308 e. The van der Waals surface area contributed by atoms with E-state index in [2.05, 4.69) is 34.9 Å². The third kappa shape index (κ3) is 7.53. The van der Waals surface area contributed by atoms with Gasteiger partial charge in [-0.05, 0) is 64.0 Å². The first-order valence-electron chi connectivity index (χ1n) is 11.3. The summed E-state index contributed by atoms with van der Waals surface area (Å²) in [6, 6.07) is 15.1. The molecule has 3 rings (SSSR count). The van der Waals surface area contributed by atoms with Gasteiger partial charge in [-0.15, -0.1) is 0 Å². The first-order valence-corrected chi connectivity index (χ1v) is 11.3. The summed E-state index contributed by atoms with van der Waals surface area (Å²) in [6.45, 7) is 8.18. The number of hydrogen-bond acceptors (Lipinski definition) is 4. The number of Topliss-reactive ketones (excluding diaryl/α,β-unsaturated/α-hetero) is 1. The molecule has 1 aliphatic heterocycles. The number of likely N-dealkylation sites (tertiary alicyclic amines) is 1. The number of hydrogen-bond donors (Lipinski definition) is 0. The summed E-state index contributed by atoms with van der Waals surface area (Å²) in [7, 11) is 4.20. The van der Waals surface area contributed by atoms with E-state index in [9.17, 15) is 9.18 Å². The predicted octanol–water partition coefficient (Wildman–Crippen LogP) is 4.30. The quantitative estimate of drug-likeness (QED) is 0.530. The highest BCUT2D eigenvalue weighted by molar-refractivity contribution is 5.94. The summed E-state index contributed by atoms with van der Waals surface area (Å²) in [5.41, 5.74) is 2.75. The summed E-state index contributed by atoms with van der Waals surface area (Å²) in [5, 5.41) is 0. The third-order valence-electron chi connectivity index (χ3n) is 6.07. The molecule has 0 unspecified atom stereocenters. The average Bonchev–Trinajstić information content (AvgIpc) is 2.74. The van der Waals surface area contributed by atoms with Crippen molar-refractivity contribution >= 4 is 5.78 Å². The zero-order valence-corrected chi connectivity index (χ0v) is 19.2. The second-order valence-corrected chi connectivity index (χ2v) is 9.13. The van der Waals surface area contributed by atoms with Gasteiger partial charge < -0.3 is 4.90 Å². The van der Waals surface area contributed by atoms with Crippen LogP contribution < -0.4 is 0 Å². The Bertz CT molecular complexity index is 854. The fraction of sp³-hybridized carbons (Fsp3) is 0.500. The topological polar surface area (TPSA) is 26.8 Å². The predicted molar refractivity (Wildman–Crippen MR) is 125 cm³/mol. The number of piperidine rings is 1. The van der Waals surface area contributed by atoms with Crippen molar-refractivity contribution in [2.24, 2.45) is 5.92 Å². The van der Waals surface area contributed by atoms with Gasteiger partial charge in [-0.25, -0.2) is 4.39 Å². The Balaban J connectivity index is 1.63. The van der Waals surface area contributed by atoms with Gasteiger partial charge in [0.15, 0.2) is 5.78 Å². The second-order valence-electron chi connectivity index (χ2n) is 9.13. The monoisotopic (exact) mass is 425 g/mol. The van der Waals surface area contributed by atoms with Crippen LogP contribution in [0.4, 0.5) is 4.39 Å². The number of carbonyl (C=O) groups is 1. The smallest absolute Gasteiger partial charge is 0.159 e. The van der Waals surface area contributed by atoms with Crippen molar-refractivity contribution in [2.45, 2.75) is 32.9 Å². The first kappa shape index (κ1) is 23.6. The Morgan fingerprint density at radius 3 is 2.68 bits per heavy atom. The van der Waals surface area contributed by atoms with Crippen LogP contribution in [0.1, 0.15) is 41.3 Å². The Morgan fingerprint density at radius 2 is 1.94 bits per heavy atom. The van der Waals surface area contributed by atoms with Crippen LogP contribution in [0, 0.1) is 11.7 Å². The standard InChI is InChI=1S/C26H36FN3O/c1-21(31)24-11-6-8-22(16-24)17-30(15-14-28(2)3)19-23-9-7-13-29(18-23)20-25-10-4-5-12-26(25)27/h4-6,8,10-12,16,23H,7,9,13-15,17-20H2,1-3H3/t23-/m0/s1. The van der Waals surface area contributed by atoms with E-state index in [4.69, 9.17) is 0 Å². The van der Waals surface area contributed by atoms with E-state index in [0.717, 1.165) is 56.8 Å². The number of carbonyl (C=O) groups excluding carboxylic acids is 1. The molecule has 31 heavy (non-hydrogen) atoms. The molecule has 0 N–H and O–H groups in total. The van der Waals surface area contributed by atoms with Crippen LogP contribution in [-0.2, 0) is 13.1 Å². The molecule has 0 bridgehead atoms. The Kier molecular flexibility index (Phi) is 8.76. The maximum absolute atomic E-state index is 14.1. The lowest BCUT2D eigenvalue weighted by atomic mass is 9.96. The van der Waals surface area contributed by atoms with E-state index < -0.39 is 0 Å². The van der Waals surface area contributed by atoms with E-state index in [1.54, 1.807) is 19.1 Å². The van der Waals surface area contributed by atoms with Crippen molar-refractivity contribution in [3.05, 3.63) is 71.0 Å². The highest BCUT2D eigenvalue weighted by atomic mass is 19.1. The zero-order chi connectivity index (χ0) is 22.2. The summed E-state index contributed by atoms with van der Waals surface area (Å²) in [6.07, 6.45) is 2.36. The average molecular weight is 426 g/mol. The van der Waals surface area contributed by atoms with Gasteiger partial charge in [0.1, 0.15) is 5.82 Å². The Labute approximate surface area is 186 Å². The lowest BCUT2D eigenvalue weighted by molar-refractivity contribution is 0.101. The molecular weight excluding hydrogens is 389 g/mol. The molecular formula is C26H36FN3O. The van der Waals surface area contributed by atoms with E-state index in [-0.39, 0.29) is 11.6 Å². The van der Waals surface area contributed by atoms with Gasteiger partial charge >= 0.3 is 0 Å². The molecule has 5 heteroatoms. The summed E-state index contributed by atoms with van der Waals surface area (Å²) < 4.78 is 14.1. The van der Waals surface area contributed by atoms with Crippen molar-refractivity contribution in [3.63, 3.8) is 0 Å². The molecule has 0 radical (unpaired) electrons. The van der Waals surface area contributed by atoms with Crippen molar-refractivity contribution in [2.75, 3.05) is 46.8 Å². The third-order valence-corrected chi connectivity index (χ3v) is 6.07. The lowest BCUT2D eigenvalue weighted by Crippen LogP contribution is -2.42. The van der Waals surface area contributed by atoms with Gasteiger partial charge in [0.05, 0.1) is 0 Å². The molecule has 0 aliphatic carbocycles. The van der Waals surface area contributed by atoms with Crippen molar-refractivity contribution in [1.29, 1.82) is 0 Å². The summed E-state index contributed by atoms with van der Waals surface area (Å²) in [5.74, 6) is 0.569. The molecule has 0 spiro atoms. The van der Waals surface area contributed by atoms with Gasteiger partial charge in [-0.1, -0.05) is 36.4 Å². The maximum atomic E-state index is 14.1. The molecule has 168 valence electrons. The van der Waals surface area contributed by atoms with Crippen LogP contribution in [0.2, 0.25) is 0 Å². The molecule has 2 aromatic rings. The van der Waals surface area contributed by atoms with Gasteiger partial charge in [0, 0.05) is 50.4 Å². The minimum Gasteiger partial charge on any atom is -0.308 e. The van der Waals surface area contributed by atoms with Crippen LogP contribution in [0.15, 0.2) is 48.5 Å². The van der Waals surface area contributed by atoms with Crippen LogP contribution in [0.25, 0.3) is 0 Å². The normalized spacial score (nSPS) is 17.4. The van der Waals surface area contributed by atoms with Crippen molar-refractivity contribution < 1.29 is 9.18 Å². The summed E-state index contributed by atoms with van der Waals surface area (Å²) in [4.78, 5) is 18.9.